The molecule has 0 radical (unpaired) electrons. The average Bonchev–Trinajstić information content (AvgIpc) is 2.79. The number of benzene rings is 2. The maximum absolute atomic E-state index is 13.2. The van der Waals surface area contributed by atoms with Gasteiger partial charge in [0.1, 0.15) is 22.9 Å². The van der Waals surface area contributed by atoms with Crippen molar-refractivity contribution in [1.82, 2.24) is 10.3 Å². The molecule has 0 saturated heterocycles. The van der Waals surface area contributed by atoms with E-state index in [1.807, 2.05) is 0 Å². The van der Waals surface area contributed by atoms with Gasteiger partial charge in [-0.25, -0.2) is 19.0 Å². The fourth-order valence-electron chi connectivity index (χ4n) is 3.19. The highest BCUT2D eigenvalue weighted by atomic mass is 19.1. The van der Waals surface area contributed by atoms with E-state index in [0.29, 0.717) is 12.1 Å². The van der Waals surface area contributed by atoms with Gasteiger partial charge in [0.05, 0.1) is 14.2 Å². The number of phenolic OH excluding ortho intramolecular Hbond substituents is 1. The molecule has 0 fully saturated rings. The molecule has 3 rings (SSSR count). The zero-order valence-electron chi connectivity index (χ0n) is 17.6. The maximum atomic E-state index is 13.2. The minimum absolute atomic E-state index is 0.0170. The zero-order chi connectivity index (χ0) is 23.4. The van der Waals surface area contributed by atoms with Gasteiger partial charge in [0.15, 0.2) is 5.75 Å². The molecule has 0 aliphatic heterocycles. The number of ether oxygens (including phenoxy) is 2. The normalized spacial score (nSPS) is 11.6. The number of hydrogen-bond donors (Lipinski definition) is 2. The van der Waals surface area contributed by atoms with E-state index in [0.717, 1.165) is 12.7 Å². The molecule has 0 aliphatic carbocycles. The van der Waals surface area contributed by atoms with Crippen LogP contribution < -0.4 is 5.32 Å². The summed E-state index contributed by atoms with van der Waals surface area (Å²) >= 11 is 0. The number of esters is 2. The lowest BCUT2D eigenvalue weighted by Gasteiger charge is -2.15. The molecule has 1 unspecified atom stereocenters. The van der Waals surface area contributed by atoms with Crippen molar-refractivity contribution in [1.29, 1.82) is 0 Å². The number of phenols is 1. The predicted octanol–water partition coefficient (Wildman–Crippen LogP) is 2.75. The molecular weight excluding hydrogens is 419 g/mol. The van der Waals surface area contributed by atoms with Crippen LogP contribution in [0.4, 0.5) is 4.39 Å². The Morgan fingerprint density at radius 3 is 2.38 bits per heavy atom. The topological polar surface area (TPSA) is 115 Å². The summed E-state index contributed by atoms with van der Waals surface area (Å²) in [5, 5.41) is 13.4. The summed E-state index contributed by atoms with van der Waals surface area (Å²) in [7, 11) is 2.34. The van der Waals surface area contributed by atoms with Crippen molar-refractivity contribution in [3.05, 3.63) is 70.7 Å². The molecule has 32 heavy (non-hydrogen) atoms. The number of aromatic hydroxyl groups is 1. The third kappa shape index (κ3) is 4.66. The number of fused-ring (bicyclic) bond motifs is 1. The molecule has 0 bridgehead atoms. The number of pyridine rings is 1. The van der Waals surface area contributed by atoms with Crippen LogP contribution in [0.25, 0.3) is 10.9 Å². The molecule has 1 atom stereocenters. The number of aromatic nitrogens is 1. The van der Waals surface area contributed by atoms with E-state index in [1.165, 1.54) is 32.2 Å². The van der Waals surface area contributed by atoms with Crippen LogP contribution >= 0.6 is 0 Å². The van der Waals surface area contributed by atoms with Gasteiger partial charge in [-0.05, 0) is 36.8 Å². The summed E-state index contributed by atoms with van der Waals surface area (Å²) in [4.78, 5) is 41.1. The third-order valence-electron chi connectivity index (χ3n) is 4.86. The van der Waals surface area contributed by atoms with Gasteiger partial charge in [-0.15, -0.1) is 0 Å². The van der Waals surface area contributed by atoms with Gasteiger partial charge in [-0.3, -0.25) is 4.79 Å². The van der Waals surface area contributed by atoms with Gasteiger partial charge in [0.25, 0.3) is 5.91 Å². The van der Waals surface area contributed by atoms with Crippen LogP contribution in [-0.2, 0) is 20.7 Å². The van der Waals surface area contributed by atoms with Gasteiger partial charge in [-0.2, -0.15) is 0 Å². The van der Waals surface area contributed by atoms with Crippen molar-refractivity contribution in [2.45, 2.75) is 19.4 Å². The van der Waals surface area contributed by atoms with Gasteiger partial charge in [-0.1, -0.05) is 18.2 Å². The second kappa shape index (κ2) is 9.42. The lowest BCUT2D eigenvalue weighted by Crippen LogP contribution is -2.39. The van der Waals surface area contributed by atoms with Crippen molar-refractivity contribution in [3.8, 4) is 5.75 Å². The number of amides is 1. The molecule has 8 nitrogen and oxygen atoms in total. The van der Waals surface area contributed by atoms with Crippen LogP contribution in [0.15, 0.2) is 42.5 Å². The van der Waals surface area contributed by atoms with Gasteiger partial charge < -0.3 is 19.9 Å². The van der Waals surface area contributed by atoms with Crippen LogP contribution in [-0.4, -0.2) is 48.2 Å². The minimum atomic E-state index is -0.941. The first kappa shape index (κ1) is 22.7. The van der Waals surface area contributed by atoms with E-state index < -0.39 is 29.6 Å². The molecule has 9 heteroatoms. The number of methoxy groups -OCH3 is 2. The first-order valence-corrected chi connectivity index (χ1v) is 9.62. The summed E-state index contributed by atoms with van der Waals surface area (Å²) in [6.45, 7) is 1.45. The molecule has 2 N–H and O–H groups in total. The molecule has 0 spiro atoms. The van der Waals surface area contributed by atoms with Crippen LogP contribution in [0.2, 0.25) is 0 Å². The SMILES string of the molecule is COC(=O)c1cc(C(=O)NC(C)C(=O)OC)c2ccc(Cc3ccc(F)cc3)nc2c1O. The lowest BCUT2D eigenvalue weighted by atomic mass is 10.0. The Hall–Kier alpha value is -4.01. The first-order chi connectivity index (χ1) is 15.2. The number of carbonyl (C=O) groups excluding carboxylic acids is 3. The molecule has 166 valence electrons. The maximum Gasteiger partial charge on any atom is 0.341 e. The first-order valence-electron chi connectivity index (χ1n) is 9.62. The predicted molar refractivity (Wildman–Crippen MR) is 113 cm³/mol. The molecule has 0 aliphatic rings. The number of rotatable bonds is 6. The highest BCUT2D eigenvalue weighted by molar-refractivity contribution is 6.12. The Morgan fingerprint density at radius 2 is 1.75 bits per heavy atom. The highest BCUT2D eigenvalue weighted by Crippen LogP contribution is 2.32. The number of carbonyl (C=O) groups is 3. The molecule has 1 aromatic heterocycles. The molecule has 3 aromatic rings. The quantitative estimate of drug-likeness (QED) is 0.567. The van der Waals surface area contributed by atoms with Crippen molar-refractivity contribution >= 4 is 28.7 Å². The van der Waals surface area contributed by atoms with Gasteiger partial charge >= 0.3 is 11.9 Å². The second-order valence-electron chi connectivity index (χ2n) is 7.03. The van der Waals surface area contributed by atoms with Gasteiger partial charge in [0, 0.05) is 23.1 Å². The van der Waals surface area contributed by atoms with E-state index in [-0.39, 0.29) is 27.8 Å². The van der Waals surface area contributed by atoms with Crippen LogP contribution in [0.1, 0.15) is 38.9 Å². The van der Waals surface area contributed by atoms with Crippen molar-refractivity contribution < 1.29 is 33.4 Å². The Bertz CT molecular complexity index is 1190. The highest BCUT2D eigenvalue weighted by Gasteiger charge is 2.24. The molecule has 1 amide bonds. The summed E-state index contributed by atoms with van der Waals surface area (Å²) in [5.74, 6) is -2.96. The Kier molecular flexibility index (Phi) is 6.67. The van der Waals surface area contributed by atoms with Crippen LogP contribution in [0, 0.1) is 5.82 Å². The molecule has 1 heterocycles. The zero-order valence-corrected chi connectivity index (χ0v) is 17.6. The van der Waals surface area contributed by atoms with E-state index in [4.69, 9.17) is 4.74 Å². The molecular formula is C23H21FN2O6. The van der Waals surface area contributed by atoms with Crippen LogP contribution in [0.3, 0.4) is 0 Å². The van der Waals surface area contributed by atoms with Crippen molar-refractivity contribution in [2.24, 2.45) is 0 Å². The van der Waals surface area contributed by atoms with Crippen molar-refractivity contribution in [2.75, 3.05) is 14.2 Å². The lowest BCUT2D eigenvalue weighted by molar-refractivity contribution is -0.142. The number of nitrogens with zero attached hydrogens (tertiary/aromatic N) is 1. The van der Waals surface area contributed by atoms with Crippen LogP contribution in [0.5, 0.6) is 5.75 Å². The summed E-state index contributed by atoms with van der Waals surface area (Å²) in [6.07, 6.45) is 0.332. The number of nitrogens with one attached hydrogen (secondary N) is 1. The fraction of sp³-hybridized carbons (Fsp3) is 0.217. The van der Waals surface area contributed by atoms with E-state index in [9.17, 15) is 23.9 Å². The van der Waals surface area contributed by atoms with Gasteiger partial charge in [0.2, 0.25) is 0 Å². The third-order valence-corrected chi connectivity index (χ3v) is 4.86. The molecule has 0 saturated carbocycles. The van der Waals surface area contributed by atoms with E-state index in [1.54, 1.807) is 24.3 Å². The Labute approximate surface area is 183 Å². The molecule has 2 aromatic carbocycles. The summed E-state index contributed by atoms with van der Waals surface area (Å²) < 4.78 is 22.5. The standard InChI is InChI=1S/C23H21FN2O6/c1-12(22(29)31-2)25-21(28)17-11-18(23(30)32-3)20(27)19-16(17)9-8-15(26-19)10-13-4-6-14(24)7-5-13/h4-9,11-12,27H,10H2,1-3H3,(H,25,28). The Balaban J connectivity index is 2.09. The fourth-order valence-corrected chi connectivity index (χ4v) is 3.19. The Morgan fingerprint density at radius 1 is 1.06 bits per heavy atom. The van der Waals surface area contributed by atoms with E-state index >= 15 is 0 Å². The average molecular weight is 440 g/mol. The smallest absolute Gasteiger partial charge is 0.341 e. The largest absolute Gasteiger partial charge is 0.505 e. The van der Waals surface area contributed by atoms with Crippen molar-refractivity contribution in [3.63, 3.8) is 0 Å². The summed E-state index contributed by atoms with van der Waals surface area (Å²) in [5.41, 5.74) is 1.10. The monoisotopic (exact) mass is 440 g/mol. The number of hydrogen-bond acceptors (Lipinski definition) is 7. The van der Waals surface area contributed by atoms with E-state index in [2.05, 4.69) is 15.0 Å². The second-order valence-corrected chi connectivity index (χ2v) is 7.03. The minimum Gasteiger partial charge on any atom is -0.505 e. The summed E-state index contributed by atoms with van der Waals surface area (Å²) in [6, 6.07) is 9.36. The number of halogens is 1.